The van der Waals surface area contributed by atoms with Crippen LogP contribution in [0.15, 0.2) is 158 Å². The van der Waals surface area contributed by atoms with Gasteiger partial charge in [0.1, 0.15) is 0 Å². The number of fused-ring (bicyclic) bond motifs is 4. The fourth-order valence-electron chi connectivity index (χ4n) is 6.04. The zero-order valence-corrected chi connectivity index (χ0v) is 22.9. The van der Waals surface area contributed by atoms with E-state index in [9.17, 15) is 0 Å². The second kappa shape index (κ2) is 10.1. The van der Waals surface area contributed by atoms with Crippen LogP contribution in [0.4, 0.5) is 0 Å². The minimum atomic E-state index is 0.979. The number of benzene rings is 6. The first kappa shape index (κ1) is 24.2. The number of hydrogen-bond acceptors (Lipinski definition) is 2. The van der Waals surface area contributed by atoms with Gasteiger partial charge >= 0.3 is 0 Å². The molecule has 2 nitrogen and oxygen atoms in total. The molecule has 0 amide bonds. The lowest BCUT2D eigenvalue weighted by Crippen LogP contribution is -1.91. The van der Waals surface area contributed by atoms with Crippen LogP contribution in [0, 0.1) is 0 Å². The maximum atomic E-state index is 5.12. The zero-order valence-electron chi connectivity index (χ0n) is 22.9. The Morgan fingerprint density at radius 3 is 2.02 bits per heavy atom. The van der Waals surface area contributed by atoms with Crippen molar-refractivity contribution in [2.75, 3.05) is 0 Å². The average molecular weight is 535 g/mol. The van der Waals surface area contributed by atoms with Gasteiger partial charge in [-0.1, -0.05) is 127 Å². The fourth-order valence-corrected chi connectivity index (χ4v) is 6.04. The third-order valence-electron chi connectivity index (χ3n) is 8.10. The highest BCUT2D eigenvalue weighted by Crippen LogP contribution is 2.38. The number of hydrogen-bond donors (Lipinski definition) is 0. The van der Waals surface area contributed by atoms with Gasteiger partial charge in [0.05, 0.1) is 16.7 Å². The van der Waals surface area contributed by atoms with Crippen molar-refractivity contribution in [3.05, 3.63) is 158 Å². The summed E-state index contributed by atoms with van der Waals surface area (Å²) in [6.45, 7) is 0. The quantitative estimate of drug-likeness (QED) is 0.210. The van der Waals surface area contributed by atoms with Crippen LogP contribution in [0.1, 0.15) is 0 Å². The van der Waals surface area contributed by atoms with Gasteiger partial charge in [-0.05, 0) is 62.9 Å². The number of aromatic nitrogens is 2. The summed E-state index contributed by atoms with van der Waals surface area (Å²) in [6.07, 6.45) is 1.86. The molecule has 0 bridgehead atoms. The van der Waals surface area contributed by atoms with Crippen LogP contribution in [-0.2, 0) is 0 Å². The molecule has 0 unspecified atom stereocenters. The molecule has 196 valence electrons. The summed E-state index contributed by atoms with van der Waals surface area (Å²) in [5.74, 6) is 0. The predicted octanol–water partition coefficient (Wildman–Crippen LogP) is 10.6. The first-order valence-corrected chi connectivity index (χ1v) is 14.2. The predicted molar refractivity (Wildman–Crippen MR) is 176 cm³/mol. The van der Waals surface area contributed by atoms with Crippen molar-refractivity contribution in [1.29, 1.82) is 0 Å². The molecule has 2 aromatic heterocycles. The van der Waals surface area contributed by atoms with E-state index < -0.39 is 0 Å². The van der Waals surface area contributed by atoms with Gasteiger partial charge in [-0.15, -0.1) is 0 Å². The number of pyridine rings is 2. The van der Waals surface area contributed by atoms with E-state index in [4.69, 9.17) is 4.98 Å². The minimum Gasteiger partial charge on any atom is -0.256 e. The Morgan fingerprint density at radius 2 is 1.12 bits per heavy atom. The molecule has 0 spiro atoms. The Kier molecular flexibility index (Phi) is 5.82. The molecule has 0 saturated heterocycles. The van der Waals surface area contributed by atoms with Crippen molar-refractivity contribution in [3.63, 3.8) is 0 Å². The van der Waals surface area contributed by atoms with E-state index in [-0.39, 0.29) is 0 Å². The lowest BCUT2D eigenvalue weighted by molar-refractivity contribution is 1.40. The molecule has 2 heterocycles. The Labute approximate surface area is 244 Å². The van der Waals surface area contributed by atoms with Gasteiger partial charge in [0, 0.05) is 28.1 Å². The molecule has 2 heteroatoms. The third kappa shape index (κ3) is 4.22. The Hall–Kier alpha value is -5.60. The van der Waals surface area contributed by atoms with E-state index in [1.54, 1.807) is 0 Å². The van der Waals surface area contributed by atoms with Crippen LogP contribution in [0.2, 0.25) is 0 Å². The van der Waals surface area contributed by atoms with E-state index in [1.807, 2.05) is 18.3 Å². The van der Waals surface area contributed by atoms with E-state index in [1.165, 1.54) is 44.0 Å². The Morgan fingerprint density at radius 1 is 0.405 bits per heavy atom. The van der Waals surface area contributed by atoms with Crippen molar-refractivity contribution in [2.45, 2.75) is 0 Å². The van der Waals surface area contributed by atoms with Gasteiger partial charge < -0.3 is 0 Å². The standard InChI is InChI=1S/C40H26N2/c1-2-10-30(11-3-1)38-26-36(39-34-16-5-4-9-28(34)22-23-37(39)42-38)33-14-6-13-32(25-33)27-18-20-29(21-19-27)35-17-7-12-31-15-8-24-41-40(31)35/h1-26H. The zero-order chi connectivity index (χ0) is 27.9. The molecule has 0 radical (unpaired) electrons. The summed E-state index contributed by atoms with van der Waals surface area (Å²) >= 11 is 0. The summed E-state index contributed by atoms with van der Waals surface area (Å²) in [4.78, 5) is 9.77. The van der Waals surface area contributed by atoms with Gasteiger partial charge in [0.25, 0.3) is 0 Å². The van der Waals surface area contributed by atoms with Crippen LogP contribution in [0.25, 0.3) is 77.2 Å². The smallest absolute Gasteiger partial charge is 0.0780 e. The lowest BCUT2D eigenvalue weighted by Gasteiger charge is -2.14. The van der Waals surface area contributed by atoms with Crippen molar-refractivity contribution in [2.24, 2.45) is 0 Å². The summed E-state index contributed by atoms with van der Waals surface area (Å²) < 4.78 is 0. The van der Waals surface area contributed by atoms with E-state index in [2.05, 4.69) is 145 Å². The summed E-state index contributed by atoms with van der Waals surface area (Å²) in [5, 5.41) is 4.77. The molecule has 0 aliphatic rings. The molecule has 0 fully saturated rings. The number of rotatable bonds is 4. The maximum absolute atomic E-state index is 5.12. The number of para-hydroxylation sites is 1. The molecular formula is C40H26N2. The van der Waals surface area contributed by atoms with Crippen molar-refractivity contribution in [1.82, 2.24) is 9.97 Å². The van der Waals surface area contributed by atoms with Gasteiger partial charge in [-0.2, -0.15) is 0 Å². The fraction of sp³-hybridized carbons (Fsp3) is 0. The highest BCUT2D eigenvalue weighted by molar-refractivity contribution is 6.14. The van der Waals surface area contributed by atoms with Crippen LogP contribution in [-0.4, -0.2) is 9.97 Å². The monoisotopic (exact) mass is 534 g/mol. The minimum absolute atomic E-state index is 0.979. The van der Waals surface area contributed by atoms with Crippen LogP contribution in [0.3, 0.4) is 0 Å². The van der Waals surface area contributed by atoms with E-state index >= 15 is 0 Å². The normalized spacial score (nSPS) is 11.3. The Bertz CT molecular complexity index is 2230. The molecule has 42 heavy (non-hydrogen) atoms. The second-order valence-electron chi connectivity index (χ2n) is 10.6. The molecule has 8 rings (SSSR count). The largest absolute Gasteiger partial charge is 0.256 e. The average Bonchev–Trinajstić information content (AvgIpc) is 3.08. The third-order valence-corrected chi connectivity index (χ3v) is 8.10. The van der Waals surface area contributed by atoms with Crippen LogP contribution < -0.4 is 0 Å². The van der Waals surface area contributed by atoms with Crippen molar-refractivity contribution >= 4 is 32.6 Å². The molecule has 0 N–H and O–H groups in total. The van der Waals surface area contributed by atoms with Gasteiger partial charge in [-0.25, -0.2) is 4.98 Å². The molecule has 0 aliphatic carbocycles. The Balaban J connectivity index is 1.27. The van der Waals surface area contributed by atoms with Crippen molar-refractivity contribution in [3.8, 4) is 44.6 Å². The summed E-state index contributed by atoms with van der Waals surface area (Å²) in [5.41, 5.74) is 11.2. The molecule has 6 aromatic carbocycles. The molecular weight excluding hydrogens is 508 g/mol. The van der Waals surface area contributed by atoms with Gasteiger partial charge in [0.15, 0.2) is 0 Å². The van der Waals surface area contributed by atoms with Crippen molar-refractivity contribution < 1.29 is 0 Å². The highest BCUT2D eigenvalue weighted by Gasteiger charge is 2.14. The van der Waals surface area contributed by atoms with E-state index in [0.717, 1.165) is 33.2 Å². The van der Waals surface area contributed by atoms with Crippen LogP contribution >= 0.6 is 0 Å². The first-order valence-electron chi connectivity index (χ1n) is 14.2. The highest BCUT2D eigenvalue weighted by atomic mass is 14.7. The molecule has 0 aliphatic heterocycles. The summed E-state index contributed by atoms with van der Waals surface area (Å²) in [6, 6.07) is 53.8. The topological polar surface area (TPSA) is 25.8 Å². The van der Waals surface area contributed by atoms with E-state index in [0.29, 0.717) is 0 Å². The number of nitrogens with zero attached hydrogens (tertiary/aromatic N) is 2. The maximum Gasteiger partial charge on any atom is 0.0780 e. The first-order chi connectivity index (χ1) is 20.8. The molecule has 8 aromatic rings. The molecule has 0 saturated carbocycles. The van der Waals surface area contributed by atoms with Gasteiger partial charge in [-0.3, -0.25) is 4.98 Å². The summed E-state index contributed by atoms with van der Waals surface area (Å²) in [7, 11) is 0. The van der Waals surface area contributed by atoms with Gasteiger partial charge in [0.2, 0.25) is 0 Å². The second-order valence-corrected chi connectivity index (χ2v) is 10.6. The van der Waals surface area contributed by atoms with Crippen LogP contribution in [0.5, 0.6) is 0 Å². The lowest BCUT2D eigenvalue weighted by atomic mass is 9.92. The molecule has 0 atom stereocenters. The SMILES string of the molecule is c1ccc(-c2cc(-c3cccc(-c4ccc(-c5cccc6cccnc56)cc4)c3)c3c(ccc4ccccc43)n2)cc1.